The number of H-pyrrole nitrogens is 1. The fourth-order valence-corrected chi connectivity index (χ4v) is 9.10. The van der Waals surface area contributed by atoms with Crippen molar-refractivity contribution in [2.45, 2.75) is 31.2 Å². The van der Waals surface area contributed by atoms with Crippen molar-refractivity contribution in [3.05, 3.63) is 37.9 Å². The van der Waals surface area contributed by atoms with E-state index in [2.05, 4.69) is 45.2 Å². The molecule has 25 heteroatoms. The van der Waals surface area contributed by atoms with Crippen LogP contribution in [0.3, 0.4) is 0 Å². The molecule has 52 heavy (non-hydrogen) atoms. The minimum absolute atomic E-state index is 0.113. The number of hydrogen-bond acceptors (Lipinski definition) is 22. The summed E-state index contributed by atoms with van der Waals surface area (Å²) in [6.45, 7) is 4.13. The summed E-state index contributed by atoms with van der Waals surface area (Å²) in [7, 11) is 0. The number of esters is 2. The van der Waals surface area contributed by atoms with Crippen LogP contribution in [-0.4, -0.2) is 96.5 Å². The van der Waals surface area contributed by atoms with E-state index in [0.717, 1.165) is 17.7 Å². The molecule has 278 valence electrons. The van der Waals surface area contributed by atoms with Gasteiger partial charge in [0.15, 0.2) is 55.2 Å². The van der Waals surface area contributed by atoms with E-state index in [0.29, 0.717) is 54.9 Å². The van der Waals surface area contributed by atoms with E-state index in [4.69, 9.17) is 26.8 Å². The molecule has 0 spiro atoms. The number of carbonyl (C=O) groups excluding carboxylic acids is 3. The quantitative estimate of drug-likeness (QED) is 0.0556. The summed E-state index contributed by atoms with van der Waals surface area (Å²) in [5.41, 5.74) is 6.64. The maximum atomic E-state index is 11.5. The van der Waals surface area contributed by atoms with Crippen molar-refractivity contribution in [3.8, 4) is 0 Å². The molecule has 6 rings (SSSR count). The van der Waals surface area contributed by atoms with Crippen LogP contribution in [-0.2, 0) is 14.3 Å². The van der Waals surface area contributed by atoms with Crippen LogP contribution in [0.5, 0.6) is 0 Å². The minimum Gasteiger partial charge on any atom is -0.462 e. The zero-order chi connectivity index (χ0) is 38.2. The summed E-state index contributed by atoms with van der Waals surface area (Å²) >= 11 is 17.2. The van der Waals surface area contributed by atoms with Crippen molar-refractivity contribution >= 4 is 155 Å². The van der Waals surface area contributed by atoms with Crippen molar-refractivity contribution in [2.75, 3.05) is 49.3 Å². The van der Waals surface area contributed by atoms with Crippen LogP contribution in [0.15, 0.2) is 34.8 Å². The Morgan fingerprint density at radius 3 is 1.85 bits per heavy atom. The number of nitrogen functional groups attached to an aromatic ring is 1. The summed E-state index contributed by atoms with van der Waals surface area (Å²) in [4.78, 5) is 75.7. The molecule has 0 saturated carbocycles. The Bertz CT molecular complexity index is 2150. The fourth-order valence-electron chi connectivity index (χ4n) is 3.25. The van der Waals surface area contributed by atoms with E-state index in [-0.39, 0.29) is 17.2 Å². The molecule has 0 aliphatic rings. The average Bonchev–Trinajstić information content (AvgIpc) is 3.94. The molecule has 1 amide bonds. The highest BCUT2D eigenvalue weighted by atomic mass is 35.5. The maximum Gasteiger partial charge on any atom is 0.352 e. The highest BCUT2D eigenvalue weighted by Crippen LogP contribution is 2.31. The van der Waals surface area contributed by atoms with E-state index in [9.17, 15) is 19.2 Å². The second-order valence-electron chi connectivity index (χ2n) is 8.53. The first-order chi connectivity index (χ1) is 25.0. The van der Waals surface area contributed by atoms with Crippen molar-refractivity contribution in [1.82, 2.24) is 39.9 Å². The van der Waals surface area contributed by atoms with E-state index >= 15 is 0 Å². The van der Waals surface area contributed by atoms with Gasteiger partial charge >= 0.3 is 11.9 Å². The Balaban J connectivity index is 0.000000187. The number of fused-ring (bicyclic) bond motifs is 2. The first-order valence-electron chi connectivity index (χ1n) is 14.1. The molecule has 6 aromatic rings. The number of ether oxygens (including phenoxy) is 2. The maximum absolute atomic E-state index is 11.5. The van der Waals surface area contributed by atoms with Gasteiger partial charge in [-0.1, -0.05) is 81.3 Å². The number of thiazole rings is 4. The number of hydrogen-bond donors (Lipinski definition) is 3. The van der Waals surface area contributed by atoms with E-state index in [1.807, 2.05) is 25.0 Å². The van der Waals surface area contributed by atoms with E-state index in [1.54, 1.807) is 25.6 Å². The van der Waals surface area contributed by atoms with Crippen LogP contribution in [0.4, 0.5) is 11.6 Å². The van der Waals surface area contributed by atoms with Crippen molar-refractivity contribution < 1.29 is 23.9 Å². The molecular formula is C27H29ClN10O6S8. The molecule has 0 aliphatic heterocycles. The largest absolute Gasteiger partial charge is 0.462 e. The Kier molecular flexibility index (Phi) is 18.5. The molecule has 0 aromatic carbocycles. The van der Waals surface area contributed by atoms with Gasteiger partial charge in [-0.3, -0.25) is 9.59 Å². The second kappa shape index (κ2) is 22.2. The summed E-state index contributed by atoms with van der Waals surface area (Å²) in [6.07, 6.45) is 10.9. The van der Waals surface area contributed by atoms with Crippen LogP contribution in [0.25, 0.3) is 20.7 Å². The lowest BCUT2D eigenvalue weighted by molar-refractivity contribution is -0.105. The van der Waals surface area contributed by atoms with Crippen LogP contribution in [0, 0.1) is 0 Å². The molecule has 6 heterocycles. The summed E-state index contributed by atoms with van der Waals surface area (Å²) < 4.78 is 14.4. The smallest absolute Gasteiger partial charge is 0.352 e. The number of amides is 1. The lowest BCUT2D eigenvalue weighted by Crippen LogP contribution is -2.06. The molecule has 0 saturated heterocycles. The van der Waals surface area contributed by atoms with Gasteiger partial charge in [-0.15, -0.1) is 22.7 Å². The third kappa shape index (κ3) is 12.2. The minimum atomic E-state index is -0.459. The molecule has 0 atom stereocenters. The van der Waals surface area contributed by atoms with Gasteiger partial charge in [0.1, 0.15) is 15.7 Å². The zero-order valence-electron chi connectivity index (χ0n) is 27.9. The number of nitrogens with one attached hydrogen (secondary N) is 2. The molecule has 0 fully saturated rings. The van der Waals surface area contributed by atoms with Crippen molar-refractivity contribution in [1.29, 1.82) is 0 Å². The Hall–Kier alpha value is -3.10. The van der Waals surface area contributed by atoms with Gasteiger partial charge in [-0.2, -0.15) is 0 Å². The molecule has 0 unspecified atom stereocenters. The number of nitrogens with two attached hydrogens (primary N) is 1. The Labute approximate surface area is 334 Å². The van der Waals surface area contributed by atoms with E-state index < -0.39 is 11.9 Å². The van der Waals surface area contributed by atoms with Crippen LogP contribution in [0.1, 0.15) is 33.2 Å². The zero-order valence-corrected chi connectivity index (χ0v) is 35.2. The molecule has 0 radical (unpaired) electrons. The molecule has 6 aromatic heterocycles. The van der Waals surface area contributed by atoms with Crippen LogP contribution in [0.2, 0.25) is 5.15 Å². The van der Waals surface area contributed by atoms with Gasteiger partial charge in [0.2, 0.25) is 6.41 Å². The van der Waals surface area contributed by atoms with Crippen LogP contribution >= 0.6 is 104 Å². The number of anilines is 2. The number of nitrogens with zero attached hydrogens (tertiary/aromatic N) is 7. The number of halogens is 1. The predicted octanol–water partition coefficient (Wildman–Crippen LogP) is 6.80. The Morgan fingerprint density at radius 1 is 0.808 bits per heavy atom. The highest BCUT2D eigenvalue weighted by Gasteiger charge is 2.19. The standard InChI is InChI=1S/C8H10N2O3S2.C7H10N2O2S2.C6H4ClN3S2.C6H5N3OS2/c1-3-13-7(12)5-6(9-4-11)10-8(14-2)15-5;1-3-11-6(10)4-5(8)9-7(12-2)13-4;1-11-6-10-5-3(12-6)4(7)8-2-9-5;1-11-6-9-4-3(12-6)5(10)8-2-7-4/h4H,3H2,1-2H3,(H,9,11);3,8H2,1-2H3;2H,1H3;2H,1H3,(H,7,8,10). The van der Waals surface area contributed by atoms with Gasteiger partial charge in [0.25, 0.3) is 5.56 Å². The summed E-state index contributed by atoms with van der Waals surface area (Å²) in [5.74, 6) is -0.331. The van der Waals surface area contributed by atoms with Crippen LogP contribution < -0.4 is 16.6 Å². The lowest BCUT2D eigenvalue weighted by Gasteiger charge is -1.99. The monoisotopic (exact) mass is 880 g/mol. The fraction of sp³-hybridized carbons (Fsp3) is 0.296. The van der Waals surface area contributed by atoms with Gasteiger partial charge in [-0.25, -0.2) is 44.5 Å². The van der Waals surface area contributed by atoms with Gasteiger partial charge in [-0.05, 0) is 38.9 Å². The normalized spacial score (nSPS) is 10.3. The van der Waals surface area contributed by atoms with Gasteiger partial charge < -0.3 is 25.5 Å². The second-order valence-corrected chi connectivity index (χ2v) is 17.1. The molecule has 0 bridgehead atoms. The van der Waals surface area contributed by atoms with Gasteiger partial charge in [0.05, 0.1) is 19.5 Å². The molecule has 0 aliphatic carbocycles. The summed E-state index contributed by atoms with van der Waals surface area (Å²) in [5, 5.41) is 2.86. The molecule has 4 N–H and O–H groups in total. The summed E-state index contributed by atoms with van der Waals surface area (Å²) in [6, 6.07) is 0. The number of rotatable bonds is 10. The number of aromatic amines is 1. The first-order valence-corrected chi connectivity index (χ1v) is 22.7. The highest BCUT2D eigenvalue weighted by molar-refractivity contribution is 8.01. The first kappa shape index (κ1) is 43.3. The number of carbonyl (C=O) groups is 3. The number of thioether (sulfide) groups is 4. The third-order valence-corrected chi connectivity index (χ3v) is 13.9. The molecule has 16 nitrogen and oxygen atoms in total. The lowest BCUT2D eigenvalue weighted by atomic mass is 10.5. The Morgan fingerprint density at radius 2 is 1.33 bits per heavy atom. The van der Waals surface area contributed by atoms with Crippen molar-refractivity contribution in [3.63, 3.8) is 0 Å². The topological polar surface area (TPSA) is 231 Å². The molecular weight excluding hydrogens is 852 g/mol. The van der Waals surface area contributed by atoms with E-state index in [1.165, 1.54) is 93.3 Å². The third-order valence-electron chi connectivity index (χ3n) is 5.36. The SMILES string of the molecule is CCOC(=O)c1sc(SC)nc1N.CCOC(=O)c1sc(SC)nc1NC=O.CSc1nc2nc[nH]c(=O)c2s1.CSc1nc2ncnc(Cl)c2s1. The number of aromatic nitrogens is 8. The van der Waals surface area contributed by atoms with Crippen molar-refractivity contribution in [2.24, 2.45) is 0 Å². The predicted molar refractivity (Wildman–Crippen MR) is 216 cm³/mol. The van der Waals surface area contributed by atoms with Gasteiger partial charge in [0, 0.05) is 0 Å². The average molecular weight is 882 g/mol.